The first-order valence-electron chi connectivity index (χ1n) is 13.0. The Kier molecular flexibility index (Phi) is 5.66. The lowest BCUT2D eigenvalue weighted by molar-refractivity contribution is 0.220. The molecule has 8 heteroatoms. The van der Waals surface area contributed by atoms with Crippen molar-refractivity contribution in [2.24, 2.45) is 0 Å². The number of halogens is 1. The molecule has 1 saturated heterocycles. The van der Waals surface area contributed by atoms with Crippen LogP contribution in [0, 0.1) is 5.82 Å². The highest BCUT2D eigenvalue weighted by atomic mass is 19.1. The summed E-state index contributed by atoms with van der Waals surface area (Å²) in [6.07, 6.45) is 9.35. The predicted octanol–water partition coefficient (Wildman–Crippen LogP) is 6.36. The summed E-state index contributed by atoms with van der Waals surface area (Å²) in [4.78, 5) is 19.9. The molecule has 0 atom stereocenters. The van der Waals surface area contributed by atoms with Gasteiger partial charge in [-0.1, -0.05) is 18.6 Å². The van der Waals surface area contributed by atoms with E-state index in [0.29, 0.717) is 17.0 Å². The second kappa shape index (κ2) is 9.46. The van der Waals surface area contributed by atoms with Gasteiger partial charge in [-0.15, -0.1) is 0 Å². The lowest BCUT2D eigenvalue weighted by atomic mass is 10.1. The van der Waals surface area contributed by atoms with Crippen LogP contribution in [0.4, 0.5) is 4.39 Å². The largest absolute Gasteiger partial charge is 0.353 e. The average Bonchev–Trinajstić information content (AvgIpc) is 3.58. The third kappa shape index (κ3) is 4.13. The summed E-state index contributed by atoms with van der Waals surface area (Å²) < 4.78 is 14.6. The maximum absolute atomic E-state index is 14.6. The topological polar surface area (TPSA) is 86.4 Å². The number of rotatable bonds is 5. The molecule has 0 aliphatic carbocycles. The van der Waals surface area contributed by atoms with Crippen LogP contribution in [0.1, 0.15) is 24.8 Å². The summed E-state index contributed by atoms with van der Waals surface area (Å²) in [5.74, 6) is -0.303. The number of aromatic nitrogens is 6. The smallest absolute Gasteiger partial charge is 0.135 e. The maximum Gasteiger partial charge on any atom is 0.135 e. The predicted molar refractivity (Wildman–Crippen MR) is 147 cm³/mol. The number of aromatic amines is 2. The molecule has 1 aliphatic rings. The number of piperidine rings is 1. The zero-order chi connectivity index (χ0) is 25.5. The van der Waals surface area contributed by atoms with Crippen LogP contribution in [0.25, 0.3) is 55.8 Å². The van der Waals surface area contributed by atoms with Gasteiger partial charge in [0.15, 0.2) is 0 Å². The Hall–Kier alpha value is -4.43. The van der Waals surface area contributed by atoms with Crippen molar-refractivity contribution in [2.45, 2.75) is 25.8 Å². The van der Waals surface area contributed by atoms with Crippen LogP contribution in [0.3, 0.4) is 0 Å². The van der Waals surface area contributed by atoms with E-state index < -0.39 is 0 Å². The Morgan fingerprint density at radius 1 is 0.895 bits per heavy atom. The van der Waals surface area contributed by atoms with Crippen molar-refractivity contribution in [1.29, 1.82) is 0 Å². The molecule has 0 saturated carbocycles. The summed E-state index contributed by atoms with van der Waals surface area (Å²) in [6.45, 7) is 3.20. The highest BCUT2D eigenvalue weighted by Crippen LogP contribution is 2.34. The van der Waals surface area contributed by atoms with Crippen molar-refractivity contribution < 1.29 is 4.39 Å². The molecule has 0 radical (unpaired) electrons. The first-order valence-corrected chi connectivity index (χ1v) is 13.0. The van der Waals surface area contributed by atoms with Crippen molar-refractivity contribution in [2.75, 3.05) is 13.1 Å². The number of hydrogen-bond donors (Lipinski definition) is 2. The number of nitrogens with zero attached hydrogens (tertiary/aromatic N) is 5. The van der Waals surface area contributed by atoms with E-state index in [1.165, 1.54) is 30.9 Å². The number of pyridine rings is 3. The SMILES string of the molecule is Fc1ccccc1-c1nccc2[nH]c(-c3n[nH]c4ccc(-c5cncc(CN6CCCCC6)c5)nc34)cc12. The second-order valence-corrected chi connectivity index (χ2v) is 9.87. The monoisotopic (exact) mass is 503 g/mol. The van der Waals surface area contributed by atoms with E-state index >= 15 is 0 Å². The molecule has 0 bridgehead atoms. The van der Waals surface area contributed by atoms with E-state index in [1.807, 2.05) is 42.7 Å². The van der Waals surface area contributed by atoms with Crippen molar-refractivity contribution >= 4 is 21.9 Å². The van der Waals surface area contributed by atoms with Crippen LogP contribution >= 0.6 is 0 Å². The Labute approximate surface area is 218 Å². The van der Waals surface area contributed by atoms with Gasteiger partial charge in [0.25, 0.3) is 0 Å². The van der Waals surface area contributed by atoms with Crippen LogP contribution in [0.2, 0.25) is 0 Å². The number of H-pyrrole nitrogens is 2. The maximum atomic E-state index is 14.6. The van der Waals surface area contributed by atoms with Crippen LogP contribution < -0.4 is 0 Å². The number of fused-ring (bicyclic) bond motifs is 2. The molecule has 38 heavy (non-hydrogen) atoms. The van der Waals surface area contributed by atoms with Gasteiger partial charge in [-0.25, -0.2) is 9.37 Å². The number of likely N-dealkylation sites (tertiary alicyclic amines) is 1. The van der Waals surface area contributed by atoms with Crippen molar-refractivity contribution in [1.82, 2.24) is 35.0 Å². The molecule has 1 aromatic carbocycles. The zero-order valence-electron chi connectivity index (χ0n) is 20.8. The molecule has 2 N–H and O–H groups in total. The van der Waals surface area contributed by atoms with Crippen molar-refractivity contribution in [3.63, 3.8) is 0 Å². The lowest BCUT2D eigenvalue weighted by Gasteiger charge is -2.26. The Bertz CT molecular complexity index is 1760. The molecule has 1 aliphatic heterocycles. The van der Waals surface area contributed by atoms with E-state index in [4.69, 9.17) is 4.98 Å². The van der Waals surface area contributed by atoms with E-state index in [2.05, 4.69) is 36.1 Å². The highest BCUT2D eigenvalue weighted by Gasteiger charge is 2.17. The molecular weight excluding hydrogens is 477 g/mol. The third-order valence-corrected chi connectivity index (χ3v) is 7.29. The first-order chi connectivity index (χ1) is 18.7. The zero-order valence-corrected chi connectivity index (χ0v) is 20.8. The first kappa shape index (κ1) is 22.7. The fraction of sp³-hybridized carbons (Fsp3) is 0.200. The summed E-state index contributed by atoms with van der Waals surface area (Å²) >= 11 is 0. The van der Waals surface area contributed by atoms with E-state index in [0.717, 1.165) is 58.5 Å². The Morgan fingerprint density at radius 3 is 2.68 bits per heavy atom. The van der Waals surface area contributed by atoms with Gasteiger partial charge in [0, 0.05) is 47.2 Å². The molecular formula is C30H26FN7. The molecule has 0 unspecified atom stereocenters. The van der Waals surface area contributed by atoms with Crippen LogP contribution in [0.5, 0.6) is 0 Å². The van der Waals surface area contributed by atoms with Crippen molar-refractivity contribution in [3.05, 3.63) is 84.6 Å². The van der Waals surface area contributed by atoms with Gasteiger partial charge in [-0.3, -0.25) is 20.0 Å². The fourth-order valence-electron chi connectivity index (χ4n) is 5.39. The van der Waals surface area contributed by atoms with E-state index in [9.17, 15) is 4.39 Å². The summed E-state index contributed by atoms with van der Waals surface area (Å²) in [6, 6.07) is 16.7. The number of hydrogen-bond acceptors (Lipinski definition) is 5. The molecule has 7 rings (SSSR count). The van der Waals surface area contributed by atoms with E-state index in [1.54, 1.807) is 18.3 Å². The molecule has 6 aromatic rings. The van der Waals surface area contributed by atoms with Crippen LogP contribution in [0.15, 0.2) is 73.2 Å². The van der Waals surface area contributed by atoms with Gasteiger partial charge in [0.2, 0.25) is 0 Å². The third-order valence-electron chi connectivity index (χ3n) is 7.29. The Morgan fingerprint density at radius 2 is 1.79 bits per heavy atom. The van der Waals surface area contributed by atoms with Gasteiger partial charge in [0.05, 0.1) is 22.6 Å². The van der Waals surface area contributed by atoms with Gasteiger partial charge < -0.3 is 4.98 Å². The summed E-state index contributed by atoms with van der Waals surface area (Å²) in [5.41, 5.74) is 8.03. The Balaban J connectivity index is 1.26. The number of benzene rings is 1. The van der Waals surface area contributed by atoms with Crippen LogP contribution in [-0.2, 0) is 6.54 Å². The van der Waals surface area contributed by atoms with Gasteiger partial charge >= 0.3 is 0 Å². The fourth-order valence-corrected chi connectivity index (χ4v) is 5.39. The summed E-state index contributed by atoms with van der Waals surface area (Å²) in [5, 5.41) is 8.50. The minimum Gasteiger partial charge on any atom is -0.353 e. The molecule has 7 nitrogen and oxygen atoms in total. The van der Waals surface area contributed by atoms with Crippen molar-refractivity contribution in [3.8, 4) is 33.9 Å². The molecule has 1 fully saturated rings. The molecule has 0 amide bonds. The lowest BCUT2D eigenvalue weighted by Crippen LogP contribution is -2.29. The normalized spacial score (nSPS) is 14.4. The standard InChI is InChI=1S/C30H26FN7/c31-23-7-3-2-6-21(23)28-22-15-27(34-25(22)10-11-33-28)30-29-26(36-37-30)9-8-24(35-29)20-14-19(16-32-17-20)18-38-12-4-1-5-13-38/h2-3,6-11,14-17,34H,1,4-5,12-13,18H2,(H,36,37). The minimum absolute atomic E-state index is 0.303. The minimum atomic E-state index is -0.303. The van der Waals surface area contributed by atoms with Crippen LogP contribution in [-0.4, -0.2) is 48.1 Å². The van der Waals surface area contributed by atoms with Gasteiger partial charge in [-0.05, 0) is 74.0 Å². The average molecular weight is 504 g/mol. The summed E-state index contributed by atoms with van der Waals surface area (Å²) in [7, 11) is 0. The molecule has 6 heterocycles. The molecule has 0 spiro atoms. The molecule has 188 valence electrons. The second-order valence-electron chi connectivity index (χ2n) is 9.87. The highest BCUT2D eigenvalue weighted by molar-refractivity contribution is 5.99. The van der Waals surface area contributed by atoms with E-state index in [-0.39, 0.29) is 5.82 Å². The van der Waals surface area contributed by atoms with Gasteiger partial charge in [0.1, 0.15) is 17.0 Å². The van der Waals surface area contributed by atoms with Gasteiger partial charge in [-0.2, -0.15) is 5.10 Å². The number of nitrogens with one attached hydrogen (secondary N) is 2. The molecule has 5 aromatic heterocycles. The quantitative estimate of drug-likeness (QED) is 0.286.